The molecule has 0 radical (unpaired) electrons. The Balaban J connectivity index is 3.02. The van der Waals surface area contributed by atoms with E-state index in [1.807, 2.05) is 6.92 Å². The molecule has 0 bridgehead atoms. The van der Waals surface area contributed by atoms with Crippen LogP contribution in [0, 0.1) is 0 Å². The summed E-state index contributed by atoms with van der Waals surface area (Å²) >= 11 is 0. The molecule has 1 N–H and O–H groups in total. The van der Waals surface area contributed by atoms with Crippen LogP contribution in [0.25, 0.3) is 0 Å². The van der Waals surface area contributed by atoms with E-state index in [0.717, 1.165) is 19.3 Å². The number of piperidine rings is 1. The van der Waals surface area contributed by atoms with Gasteiger partial charge in [0.05, 0.1) is 0 Å². The van der Waals surface area contributed by atoms with Gasteiger partial charge < -0.3 is 0 Å². The zero-order chi connectivity index (χ0) is 11.0. The second kappa shape index (κ2) is 3.47. The minimum absolute atomic E-state index is 0.211. The van der Waals surface area contributed by atoms with Crippen molar-refractivity contribution in [1.82, 2.24) is 0 Å². The van der Waals surface area contributed by atoms with Crippen molar-refractivity contribution in [3.8, 4) is 0 Å². The summed E-state index contributed by atoms with van der Waals surface area (Å²) in [7, 11) is 0. The highest BCUT2D eigenvalue weighted by Gasteiger charge is 2.59. The zero-order valence-electron chi connectivity index (χ0n) is 10.1. The molecular formula is C11H24NO2+. The van der Waals surface area contributed by atoms with Gasteiger partial charge in [0.15, 0.2) is 11.1 Å². The molecule has 1 fully saturated rings. The van der Waals surface area contributed by atoms with Crippen LogP contribution in [-0.4, -0.2) is 27.7 Å². The summed E-state index contributed by atoms with van der Waals surface area (Å²) in [6.45, 7) is 10.8. The summed E-state index contributed by atoms with van der Waals surface area (Å²) in [6, 6.07) is 0. The standard InChI is InChI=1S/C11H24NO2/c1-6-14-12(13)10(2,3)8-7-9-11(12,4)5/h13H,6-9H2,1-5H3/q+1. The molecule has 3 nitrogen and oxygen atoms in total. The van der Waals surface area contributed by atoms with Gasteiger partial charge in [-0.25, -0.2) is 0 Å². The Bertz CT molecular complexity index is 195. The summed E-state index contributed by atoms with van der Waals surface area (Å²) in [4.78, 5) is 5.34. The number of hydrogen-bond donors (Lipinski definition) is 1. The van der Waals surface area contributed by atoms with Crippen molar-refractivity contribution >= 4 is 0 Å². The molecule has 3 heteroatoms. The number of hydroxylamine groups is 4. The van der Waals surface area contributed by atoms with Gasteiger partial charge in [-0.1, -0.05) is 0 Å². The highest BCUT2D eigenvalue weighted by Crippen LogP contribution is 2.44. The third-order valence-electron chi connectivity index (χ3n) is 3.53. The van der Waals surface area contributed by atoms with Gasteiger partial charge in [-0.05, 0) is 45.8 Å². The molecule has 0 saturated carbocycles. The van der Waals surface area contributed by atoms with Gasteiger partial charge in [0.25, 0.3) is 0 Å². The Kier molecular flexibility index (Phi) is 2.96. The Morgan fingerprint density at radius 2 is 1.57 bits per heavy atom. The van der Waals surface area contributed by atoms with Crippen molar-refractivity contribution in [2.24, 2.45) is 0 Å². The van der Waals surface area contributed by atoms with Crippen LogP contribution in [-0.2, 0) is 4.84 Å². The Hall–Kier alpha value is -0.120. The highest BCUT2D eigenvalue weighted by molar-refractivity contribution is 4.81. The van der Waals surface area contributed by atoms with Crippen molar-refractivity contribution < 1.29 is 14.9 Å². The lowest BCUT2D eigenvalue weighted by Crippen LogP contribution is -2.71. The molecule has 0 aromatic rings. The van der Waals surface area contributed by atoms with Crippen molar-refractivity contribution in [2.75, 3.05) is 6.61 Å². The van der Waals surface area contributed by atoms with Crippen molar-refractivity contribution in [3.63, 3.8) is 0 Å². The van der Waals surface area contributed by atoms with E-state index >= 15 is 0 Å². The average Bonchev–Trinajstić information content (AvgIpc) is 2.01. The number of rotatable bonds is 2. The van der Waals surface area contributed by atoms with Gasteiger partial charge in [0.2, 0.25) is 0 Å². The van der Waals surface area contributed by atoms with Crippen molar-refractivity contribution in [3.05, 3.63) is 0 Å². The van der Waals surface area contributed by atoms with E-state index in [4.69, 9.17) is 4.84 Å². The maximum atomic E-state index is 10.6. The first-order valence-corrected chi connectivity index (χ1v) is 5.53. The van der Waals surface area contributed by atoms with Gasteiger partial charge >= 0.3 is 0 Å². The Morgan fingerprint density at radius 1 is 1.14 bits per heavy atom. The smallest absolute Gasteiger partial charge is 0.157 e. The first kappa shape index (κ1) is 12.0. The van der Waals surface area contributed by atoms with Crippen LogP contribution in [0.4, 0.5) is 0 Å². The fourth-order valence-corrected chi connectivity index (χ4v) is 2.61. The molecule has 0 aromatic carbocycles. The monoisotopic (exact) mass is 202 g/mol. The molecule has 84 valence electrons. The van der Waals surface area contributed by atoms with Crippen LogP contribution >= 0.6 is 0 Å². The van der Waals surface area contributed by atoms with Gasteiger partial charge in [0.1, 0.15) is 6.61 Å². The summed E-state index contributed by atoms with van der Waals surface area (Å²) < 4.78 is 0. The zero-order valence-corrected chi connectivity index (χ0v) is 10.1. The fourth-order valence-electron chi connectivity index (χ4n) is 2.61. The van der Waals surface area contributed by atoms with Crippen molar-refractivity contribution in [1.29, 1.82) is 0 Å². The van der Waals surface area contributed by atoms with E-state index in [1.165, 1.54) is 0 Å². The third-order valence-corrected chi connectivity index (χ3v) is 3.53. The first-order chi connectivity index (χ1) is 6.27. The minimum Gasteiger partial charge on any atom is -0.181 e. The van der Waals surface area contributed by atoms with Gasteiger partial charge in [-0.3, -0.25) is 0 Å². The number of quaternary nitrogens is 1. The largest absolute Gasteiger partial charge is 0.181 e. The lowest BCUT2D eigenvalue weighted by Gasteiger charge is -2.52. The average molecular weight is 202 g/mol. The highest BCUT2D eigenvalue weighted by atomic mass is 16.9. The van der Waals surface area contributed by atoms with E-state index < -0.39 is 0 Å². The molecule has 1 aliphatic rings. The minimum atomic E-state index is -0.253. The lowest BCUT2D eigenvalue weighted by molar-refractivity contribution is -1.30. The van der Waals surface area contributed by atoms with Gasteiger partial charge in [0, 0.05) is 12.8 Å². The molecule has 1 saturated heterocycles. The SMILES string of the molecule is CCO[N+]1(O)C(C)(C)CCCC1(C)C. The maximum Gasteiger partial charge on any atom is 0.157 e. The van der Waals surface area contributed by atoms with Crippen LogP contribution in [0.1, 0.15) is 53.9 Å². The number of nitrogens with zero attached hydrogens (tertiary/aromatic N) is 1. The second-order valence-electron chi connectivity index (χ2n) is 5.47. The molecule has 0 unspecified atom stereocenters. The fraction of sp³-hybridized carbons (Fsp3) is 1.00. The summed E-state index contributed by atoms with van der Waals surface area (Å²) in [6.07, 6.45) is 3.17. The quantitative estimate of drug-likeness (QED) is 0.698. The van der Waals surface area contributed by atoms with Gasteiger partial charge in [-0.2, -0.15) is 10.0 Å². The molecule has 0 amide bonds. The molecule has 14 heavy (non-hydrogen) atoms. The predicted molar refractivity (Wildman–Crippen MR) is 55.7 cm³/mol. The molecule has 0 aromatic heterocycles. The van der Waals surface area contributed by atoms with Gasteiger partial charge in [-0.15, -0.1) is 0 Å². The molecule has 0 aliphatic carbocycles. The predicted octanol–water partition coefficient (Wildman–Crippen LogP) is 2.89. The molecule has 1 rings (SSSR count). The Morgan fingerprint density at radius 3 is 1.93 bits per heavy atom. The summed E-state index contributed by atoms with van der Waals surface area (Å²) in [5.41, 5.74) is -0.421. The normalized spacial score (nSPS) is 28.7. The lowest BCUT2D eigenvalue weighted by atomic mass is 9.81. The van der Waals surface area contributed by atoms with Crippen LogP contribution in [0.5, 0.6) is 0 Å². The molecule has 0 spiro atoms. The molecule has 1 aliphatic heterocycles. The Labute approximate surface area is 87.2 Å². The van der Waals surface area contributed by atoms with Crippen LogP contribution in [0.15, 0.2) is 0 Å². The third kappa shape index (κ3) is 1.58. The molecule has 1 heterocycles. The van der Waals surface area contributed by atoms with E-state index in [2.05, 4.69) is 27.7 Å². The maximum absolute atomic E-state index is 10.6. The number of hydrogen-bond acceptors (Lipinski definition) is 2. The van der Waals surface area contributed by atoms with Crippen LogP contribution in [0.2, 0.25) is 0 Å². The van der Waals surface area contributed by atoms with E-state index in [1.54, 1.807) is 0 Å². The second-order valence-corrected chi connectivity index (χ2v) is 5.47. The van der Waals surface area contributed by atoms with Crippen LogP contribution in [0.3, 0.4) is 0 Å². The topological polar surface area (TPSA) is 29.5 Å². The van der Waals surface area contributed by atoms with Crippen LogP contribution < -0.4 is 0 Å². The molecule has 0 atom stereocenters. The summed E-state index contributed by atoms with van der Waals surface area (Å²) in [5, 5.41) is 10.6. The van der Waals surface area contributed by atoms with E-state index in [9.17, 15) is 5.21 Å². The molecular weight excluding hydrogens is 178 g/mol. The first-order valence-electron chi connectivity index (χ1n) is 5.53. The van der Waals surface area contributed by atoms with E-state index in [-0.39, 0.29) is 15.9 Å². The summed E-state index contributed by atoms with van der Waals surface area (Å²) in [5.74, 6) is 0. The van der Waals surface area contributed by atoms with E-state index in [0.29, 0.717) is 6.61 Å². The van der Waals surface area contributed by atoms with Crippen molar-refractivity contribution in [2.45, 2.75) is 65.0 Å².